The summed E-state index contributed by atoms with van der Waals surface area (Å²) in [6.07, 6.45) is 11.9. The van der Waals surface area contributed by atoms with E-state index in [0.29, 0.717) is 13.2 Å². The summed E-state index contributed by atoms with van der Waals surface area (Å²) in [6.45, 7) is 16.5. The van der Waals surface area contributed by atoms with Crippen molar-refractivity contribution in [1.29, 1.82) is 0 Å². The normalized spacial score (nSPS) is 20.4. The minimum atomic E-state index is -0.231. The fourth-order valence-corrected chi connectivity index (χ4v) is 7.66. The van der Waals surface area contributed by atoms with Crippen molar-refractivity contribution >= 4 is 22.9 Å². The first kappa shape index (κ1) is 32.8. The van der Waals surface area contributed by atoms with Gasteiger partial charge in [0.1, 0.15) is 23.0 Å². The van der Waals surface area contributed by atoms with Crippen molar-refractivity contribution in [2.75, 3.05) is 39.4 Å². The molecule has 0 fully saturated rings. The Kier molecular flexibility index (Phi) is 9.24. The van der Waals surface area contributed by atoms with Crippen LogP contribution in [0.3, 0.4) is 0 Å². The number of fused-ring (bicyclic) bond motifs is 2. The van der Waals surface area contributed by atoms with Gasteiger partial charge in [-0.1, -0.05) is 57.5 Å². The molecule has 1 heterocycles. The third-order valence-corrected chi connectivity index (χ3v) is 10.2. The first-order valence-electron chi connectivity index (χ1n) is 16.0. The van der Waals surface area contributed by atoms with Crippen molar-refractivity contribution in [2.45, 2.75) is 78.6 Å². The van der Waals surface area contributed by atoms with E-state index < -0.39 is 0 Å². The molecule has 0 unspecified atom stereocenters. The summed E-state index contributed by atoms with van der Waals surface area (Å²) in [4.78, 5) is 2.24. The summed E-state index contributed by atoms with van der Waals surface area (Å²) >= 11 is 7.15. The Bertz CT molecular complexity index is 1650. The molecule has 5 rings (SSSR count). The van der Waals surface area contributed by atoms with Crippen molar-refractivity contribution in [2.24, 2.45) is 0 Å². The molecule has 2 aromatic carbocycles. The number of hydrogen-bond donors (Lipinski definition) is 0. The van der Waals surface area contributed by atoms with E-state index in [1.807, 2.05) is 26.0 Å². The minimum Gasteiger partial charge on any atom is -0.496 e. The molecule has 2 aromatic rings. The highest BCUT2D eigenvalue weighted by Gasteiger charge is 2.41. The highest BCUT2D eigenvalue weighted by atomic mass is 35.5. The molecule has 0 bridgehead atoms. The molecule has 5 nitrogen and oxygen atoms in total. The van der Waals surface area contributed by atoms with Crippen LogP contribution in [0.25, 0.3) is 5.57 Å². The van der Waals surface area contributed by atoms with Crippen LogP contribution in [-0.4, -0.2) is 34.5 Å². The van der Waals surface area contributed by atoms with Crippen LogP contribution in [0.15, 0.2) is 76.0 Å². The van der Waals surface area contributed by atoms with Crippen molar-refractivity contribution in [1.82, 2.24) is 0 Å². The van der Waals surface area contributed by atoms with Gasteiger partial charge in [0.15, 0.2) is 0 Å². The molecule has 0 radical (unpaired) electrons. The van der Waals surface area contributed by atoms with E-state index in [9.17, 15) is 0 Å². The number of benzene rings is 2. The second-order valence-electron chi connectivity index (χ2n) is 13.1. The summed E-state index contributed by atoms with van der Waals surface area (Å²) in [5.41, 5.74) is 10.3. The van der Waals surface area contributed by atoms with Crippen LogP contribution in [0, 0.1) is 0 Å². The van der Waals surface area contributed by atoms with Crippen molar-refractivity contribution in [3.05, 3.63) is 92.7 Å². The Morgan fingerprint density at radius 1 is 0.822 bits per heavy atom. The van der Waals surface area contributed by atoms with E-state index in [4.69, 9.17) is 30.5 Å². The lowest BCUT2D eigenvalue weighted by Gasteiger charge is -2.25. The highest BCUT2D eigenvalue weighted by Crippen LogP contribution is 2.53. The Hall–Kier alpha value is -3.57. The molecule has 1 aliphatic heterocycles. The van der Waals surface area contributed by atoms with Gasteiger partial charge in [0.25, 0.3) is 0 Å². The van der Waals surface area contributed by atoms with E-state index in [1.165, 1.54) is 39.1 Å². The molecule has 0 amide bonds. The van der Waals surface area contributed by atoms with Crippen molar-refractivity contribution in [3.8, 4) is 23.0 Å². The van der Waals surface area contributed by atoms with Crippen LogP contribution in [0.4, 0.5) is 5.69 Å². The Morgan fingerprint density at radius 3 is 2.07 bits per heavy atom. The monoisotopic (exact) mass is 629 g/mol. The molecule has 0 saturated heterocycles. The van der Waals surface area contributed by atoms with Crippen LogP contribution >= 0.6 is 11.6 Å². The van der Waals surface area contributed by atoms with Crippen LogP contribution in [0.2, 0.25) is 0 Å². The van der Waals surface area contributed by atoms with Gasteiger partial charge in [-0.2, -0.15) is 0 Å². The Morgan fingerprint density at radius 2 is 1.44 bits per heavy atom. The SMILES string of the molecule is CCOc1cc(OC)c2c(c1)C(C)(C)C(/C=C/C1=C(Cl)C(=C/C=C3\N(C)c4c(OC)cc(OCC)cc4C3(C)C)/CCC1)=C2C. The van der Waals surface area contributed by atoms with Crippen LogP contribution in [0.1, 0.15) is 84.4 Å². The molecule has 0 aromatic heterocycles. The van der Waals surface area contributed by atoms with Gasteiger partial charge in [-0.3, -0.25) is 0 Å². The summed E-state index contributed by atoms with van der Waals surface area (Å²) in [5, 5.41) is 0.851. The molecule has 6 heteroatoms. The number of likely N-dealkylation sites (N-methyl/N-ethyl adjacent to an activating group) is 1. The van der Waals surface area contributed by atoms with Crippen molar-refractivity contribution < 1.29 is 18.9 Å². The average Bonchev–Trinajstić information content (AvgIpc) is 3.32. The summed E-state index contributed by atoms with van der Waals surface area (Å²) in [6, 6.07) is 8.29. The molecule has 3 aliphatic rings. The summed E-state index contributed by atoms with van der Waals surface area (Å²) in [7, 11) is 5.55. The van der Waals surface area contributed by atoms with E-state index >= 15 is 0 Å². The summed E-state index contributed by atoms with van der Waals surface area (Å²) in [5.74, 6) is 3.34. The molecule has 0 atom stereocenters. The van der Waals surface area contributed by atoms with Gasteiger partial charge in [-0.05, 0) is 91.7 Å². The summed E-state index contributed by atoms with van der Waals surface area (Å²) < 4.78 is 23.4. The molecular weight excluding hydrogens is 582 g/mol. The predicted molar refractivity (Wildman–Crippen MR) is 187 cm³/mol. The lowest BCUT2D eigenvalue weighted by Crippen LogP contribution is -2.22. The zero-order valence-corrected chi connectivity index (χ0v) is 29.4. The third-order valence-electron chi connectivity index (χ3n) is 9.67. The Labute approximate surface area is 274 Å². The molecule has 240 valence electrons. The molecule has 45 heavy (non-hydrogen) atoms. The number of anilines is 1. The maximum atomic E-state index is 7.15. The second kappa shape index (κ2) is 12.7. The van der Waals surface area contributed by atoms with E-state index in [2.05, 4.69) is 83.0 Å². The molecule has 0 saturated carbocycles. The molecular formula is C39H48ClNO4. The minimum absolute atomic E-state index is 0.197. The average molecular weight is 630 g/mol. The number of allylic oxidation sites excluding steroid dienone is 10. The molecule has 0 spiro atoms. The van der Waals surface area contributed by atoms with Gasteiger partial charge >= 0.3 is 0 Å². The van der Waals surface area contributed by atoms with Gasteiger partial charge in [0, 0.05) is 46.3 Å². The lowest BCUT2D eigenvalue weighted by atomic mass is 9.80. The molecule has 2 aliphatic carbocycles. The van der Waals surface area contributed by atoms with Gasteiger partial charge in [0.2, 0.25) is 0 Å². The fourth-order valence-electron chi connectivity index (χ4n) is 7.34. The van der Waals surface area contributed by atoms with Crippen LogP contribution in [-0.2, 0) is 10.8 Å². The molecule has 0 N–H and O–H groups in total. The number of halogens is 1. The second-order valence-corrected chi connectivity index (χ2v) is 13.4. The quantitative estimate of drug-likeness (QED) is 0.276. The highest BCUT2D eigenvalue weighted by molar-refractivity contribution is 6.32. The van der Waals surface area contributed by atoms with Gasteiger partial charge < -0.3 is 23.8 Å². The lowest BCUT2D eigenvalue weighted by molar-refractivity contribution is 0.335. The zero-order valence-electron chi connectivity index (χ0n) is 28.6. The smallest absolute Gasteiger partial charge is 0.146 e. The predicted octanol–water partition coefficient (Wildman–Crippen LogP) is 10.0. The number of rotatable bonds is 9. The number of nitrogens with zero attached hydrogens (tertiary/aromatic N) is 1. The van der Waals surface area contributed by atoms with Gasteiger partial charge in [-0.15, -0.1) is 0 Å². The van der Waals surface area contributed by atoms with E-state index in [0.717, 1.165) is 58.5 Å². The third kappa shape index (κ3) is 5.69. The maximum Gasteiger partial charge on any atom is 0.146 e. The number of hydrogen-bond acceptors (Lipinski definition) is 5. The van der Waals surface area contributed by atoms with Gasteiger partial charge in [-0.25, -0.2) is 0 Å². The Balaban J connectivity index is 1.48. The van der Waals surface area contributed by atoms with Crippen molar-refractivity contribution in [3.63, 3.8) is 0 Å². The zero-order chi connectivity index (χ0) is 32.7. The number of ether oxygens (including phenoxy) is 4. The first-order valence-corrected chi connectivity index (χ1v) is 16.4. The maximum absolute atomic E-state index is 7.15. The topological polar surface area (TPSA) is 40.2 Å². The fraction of sp³-hybridized carbons (Fsp3) is 0.436. The van der Waals surface area contributed by atoms with Crippen LogP contribution < -0.4 is 23.8 Å². The van der Waals surface area contributed by atoms with Crippen LogP contribution in [0.5, 0.6) is 23.0 Å². The van der Waals surface area contributed by atoms with E-state index in [1.54, 1.807) is 14.2 Å². The van der Waals surface area contributed by atoms with E-state index in [-0.39, 0.29) is 10.8 Å². The number of methoxy groups -OCH3 is 2. The first-order chi connectivity index (χ1) is 21.4. The largest absolute Gasteiger partial charge is 0.496 e. The standard InChI is InChI=1S/C39H48ClNO4/c1-11-44-27-20-30-35(32(22-27)42-9)24(3)29(38(30,4)5)18-16-25-14-13-15-26(36(25)40)17-19-34-39(6,7)31-21-28(45-12-2)23-33(43-10)37(31)41(34)8/h16-23H,11-15H2,1-10H3/b18-16+,26-17+,34-19-. The van der Waals surface area contributed by atoms with Gasteiger partial charge in [0.05, 0.1) is 33.1 Å².